The molecule has 2 heterocycles. The normalized spacial score (nSPS) is 32.8. The SMILES string of the molecule is CC1C2CNCC2CN1CCCC(=O)N(C)C. The van der Waals surface area contributed by atoms with Gasteiger partial charge in [-0.15, -0.1) is 0 Å². The van der Waals surface area contributed by atoms with E-state index in [0.29, 0.717) is 12.5 Å². The van der Waals surface area contributed by atoms with Crippen molar-refractivity contribution in [3.63, 3.8) is 0 Å². The lowest BCUT2D eigenvalue weighted by Gasteiger charge is -2.24. The van der Waals surface area contributed by atoms with Crippen LogP contribution in [0, 0.1) is 11.8 Å². The molecule has 0 saturated carbocycles. The Bertz CT molecular complexity index is 280. The maximum Gasteiger partial charge on any atom is 0.222 e. The van der Waals surface area contributed by atoms with Crippen LogP contribution < -0.4 is 5.32 Å². The van der Waals surface area contributed by atoms with Crippen molar-refractivity contribution in [2.45, 2.75) is 25.8 Å². The van der Waals surface area contributed by atoms with Gasteiger partial charge in [0.15, 0.2) is 0 Å². The van der Waals surface area contributed by atoms with E-state index >= 15 is 0 Å². The molecule has 2 saturated heterocycles. The van der Waals surface area contributed by atoms with E-state index in [0.717, 1.165) is 24.8 Å². The third kappa shape index (κ3) is 2.80. The van der Waals surface area contributed by atoms with Crippen LogP contribution in [0.3, 0.4) is 0 Å². The first-order valence-electron chi connectivity index (χ1n) is 6.74. The lowest BCUT2D eigenvalue weighted by Crippen LogP contribution is -2.34. The van der Waals surface area contributed by atoms with Crippen molar-refractivity contribution in [1.29, 1.82) is 0 Å². The van der Waals surface area contributed by atoms with Gasteiger partial charge in [0.25, 0.3) is 0 Å². The molecule has 1 N–H and O–H groups in total. The second kappa shape index (κ2) is 5.36. The smallest absolute Gasteiger partial charge is 0.222 e. The van der Waals surface area contributed by atoms with Gasteiger partial charge < -0.3 is 10.2 Å². The molecule has 0 spiro atoms. The molecule has 2 aliphatic rings. The number of hydrogen-bond donors (Lipinski definition) is 1. The molecule has 3 atom stereocenters. The molecule has 4 heteroatoms. The molecule has 0 bridgehead atoms. The van der Waals surface area contributed by atoms with Gasteiger partial charge >= 0.3 is 0 Å². The minimum absolute atomic E-state index is 0.249. The van der Waals surface area contributed by atoms with Gasteiger partial charge in [-0.3, -0.25) is 9.69 Å². The summed E-state index contributed by atoms with van der Waals surface area (Å²) >= 11 is 0. The van der Waals surface area contributed by atoms with E-state index in [9.17, 15) is 4.79 Å². The molecule has 98 valence electrons. The number of amides is 1. The molecule has 1 amide bonds. The average Bonchev–Trinajstić information content (AvgIpc) is 2.83. The Labute approximate surface area is 104 Å². The summed E-state index contributed by atoms with van der Waals surface area (Å²) < 4.78 is 0. The van der Waals surface area contributed by atoms with Crippen LogP contribution in [0.15, 0.2) is 0 Å². The number of hydrogen-bond acceptors (Lipinski definition) is 3. The number of rotatable bonds is 4. The van der Waals surface area contributed by atoms with Crippen LogP contribution in [0.5, 0.6) is 0 Å². The van der Waals surface area contributed by atoms with Crippen LogP contribution in [0.4, 0.5) is 0 Å². The molecule has 2 aliphatic heterocycles. The van der Waals surface area contributed by atoms with E-state index in [-0.39, 0.29) is 5.91 Å². The predicted molar refractivity (Wildman–Crippen MR) is 68.8 cm³/mol. The third-order valence-corrected chi connectivity index (χ3v) is 4.39. The summed E-state index contributed by atoms with van der Waals surface area (Å²) in [7, 11) is 3.66. The minimum atomic E-state index is 0.249. The zero-order valence-corrected chi connectivity index (χ0v) is 11.3. The third-order valence-electron chi connectivity index (χ3n) is 4.39. The molecular weight excluding hydrogens is 214 g/mol. The van der Waals surface area contributed by atoms with Crippen LogP contribution in [0.1, 0.15) is 19.8 Å². The highest BCUT2D eigenvalue weighted by molar-refractivity contribution is 5.75. The standard InChI is InChI=1S/C13H25N3O/c1-10-12-8-14-7-11(12)9-16(10)6-4-5-13(17)15(2)3/h10-12,14H,4-9H2,1-3H3. The summed E-state index contributed by atoms with van der Waals surface area (Å²) in [5.74, 6) is 1.92. The van der Waals surface area contributed by atoms with Crippen molar-refractivity contribution in [2.75, 3.05) is 40.3 Å². The molecule has 3 unspecified atom stereocenters. The van der Waals surface area contributed by atoms with Crippen LogP contribution in [0.25, 0.3) is 0 Å². The molecule has 2 rings (SSSR count). The van der Waals surface area contributed by atoms with Gasteiger partial charge in [-0.25, -0.2) is 0 Å². The van der Waals surface area contributed by atoms with E-state index in [2.05, 4.69) is 17.1 Å². The summed E-state index contributed by atoms with van der Waals surface area (Å²) in [6.45, 7) is 7.00. The van der Waals surface area contributed by atoms with Crippen molar-refractivity contribution in [2.24, 2.45) is 11.8 Å². The first-order valence-corrected chi connectivity index (χ1v) is 6.74. The van der Waals surface area contributed by atoms with Gasteiger partial charge in [-0.05, 0) is 44.8 Å². The highest BCUT2D eigenvalue weighted by Crippen LogP contribution is 2.32. The second-order valence-corrected chi connectivity index (χ2v) is 5.71. The largest absolute Gasteiger partial charge is 0.349 e. The van der Waals surface area contributed by atoms with Crippen LogP contribution >= 0.6 is 0 Å². The Morgan fingerprint density at radius 1 is 1.41 bits per heavy atom. The van der Waals surface area contributed by atoms with Gasteiger partial charge in [0.2, 0.25) is 5.91 Å². The summed E-state index contributed by atoms with van der Waals surface area (Å²) in [6, 6.07) is 0.685. The highest BCUT2D eigenvalue weighted by atomic mass is 16.2. The highest BCUT2D eigenvalue weighted by Gasteiger charge is 2.41. The molecule has 2 fully saturated rings. The zero-order chi connectivity index (χ0) is 12.4. The van der Waals surface area contributed by atoms with Gasteiger partial charge in [0.05, 0.1) is 0 Å². The van der Waals surface area contributed by atoms with E-state index in [1.54, 1.807) is 4.90 Å². The lowest BCUT2D eigenvalue weighted by molar-refractivity contribution is -0.128. The van der Waals surface area contributed by atoms with Crippen molar-refractivity contribution < 1.29 is 4.79 Å². The summed E-state index contributed by atoms with van der Waals surface area (Å²) in [5.41, 5.74) is 0. The minimum Gasteiger partial charge on any atom is -0.349 e. The lowest BCUT2D eigenvalue weighted by atomic mass is 9.95. The number of carbonyl (C=O) groups excluding carboxylic acids is 1. The van der Waals surface area contributed by atoms with Gasteiger partial charge in [0.1, 0.15) is 0 Å². The average molecular weight is 239 g/mol. The van der Waals surface area contributed by atoms with Crippen LogP contribution in [0.2, 0.25) is 0 Å². The monoisotopic (exact) mass is 239 g/mol. The Morgan fingerprint density at radius 3 is 2.82 bits per heavy atom. The molecule has 17 heavy (non-hydrogen) atoms. The predicted octanol–water partition coefficient (Wildman–Crippen LogP) is 0.395. The van der Waals surface area contributed by atoms with Gasteiger partial charge in [-0.1, -0.05) is 0 Å². The topological polar surface area (TPSA) is 35.6 Å². The Kier molecular flexibility index (Phi) is 4.05. The molecule has 0 aromatic carbocycles. The molecule has 0 aromatic heterocycles. The number of nitrogens with one attached hydrogen (secondary N) is 1. The second-order valence-electron chi connectivity index (χ2n) is 5.71. The first kappa shape index (κ1) is 12.8. The number of likely N-dealkylation sites (tertiary alicyclic amines) is 1. The first-order chi connectivity index (χ1) is 8.09. The molecule has 4 nitrogen and oxygen atoms in total. The van der Waals surface area contributed by atoms with E-state index in [1.165, 1.54) is 19.6 Å². The molecule has 0 aliphatic carbocycles. The quantitative estimate of drug-likeness (QED) is 0.771. The fraction of sp³-hybridized carbons (Fsp3) is 0.923. The van der Waals surface area contributed by atoms with Crippen molar-refractivity contribution in [3.05, 3.63) is 0 Å². The van der Waals surface area contributed by atoms with Crippen molar-refractivity contribution >= 4 is 5.91 Å². The van der Waals surface area contributed by atoms with E-state index in [4.69, 9.17) is 0 Å². The molecular formula is C13H25N3O. The number of fused-ring (bicyclic) bond motifs is 1. The summed E-state index contributed by atoms with van der Waals surface area (Å²) in [6.07, 6.45) is 1.68. The molecule has 0 radical (unpaired) electrons. The van der Waals surface area contributed by atoms with Crippen molar-refractivity contribution in [1.82, 2.24) is 15.1 Å². The molecule has 0 aromatic rings. The van der Waals surface area contributed by atoms with Gasteiger partial charge in [-0.2, -0.15) is 0 Å². The Balaban J connectivity index is 1.72. The van der Waals surface area contributed by atoms with Crippen molar-refractivity contribution in [3.8, 4) is 0 Å². The number of nitrogens with zero attached hydrogens (tertiary/aromatic N) is 2. The van der Waals surface area contributed by atoms with E-state index < -0.39 is 0 Å². The fourth-order valence-electron chi connectivity index (χ4n) is 3.21. The maximum atomic E-state index is 11.5. The fourth-order valence-corrected chi connectivity index (χ4v) is 3.21. The Hall–Kier alpha value is -0.610. The summed E-state index contributed by atoms with van der Waals surface area (Å²) in [5, 5.41) is 3.48. The van der Waals surface area contributed by atoms with Crippen LogP contribution in [-0.4, -0.2) is 62.0 Å². The maximum absolute atomic E-state index is 11.5. The summed E-state index contributed by atoms with van der Waals surface area (Å²) in [4.78, 5) is 15.7. The number of carbonyl (C=O) groups is 1. The zero-order valence-electron chi connectivity index (χ0n) is 11.3. The van der Waals surface area contributed by atoms with E-state index in [1.807, 2.05) is 14.1 Å². The van der Waals surface area contributed by atoms with Crippen LogP contribution in [-0.2, 0) is 4.79 Å². The van der Waals surface area contributed by atoms with Gasteiger partial charge in [0, 0.05) is 33.1 Å². The Morgan fingerprint density at radius 2 is 2.18 bits per heavy atom.